The summed E-state index contributed by atoms with van der Waals surface area (Å²) in [5, 5.41) is 28.6. The minimum atomic E-state index is -1.35. The predicted octanol–water partition coefficient (Wildman–Crippen LogP) is 9.83. The van der Waals surface area contributed by atoms with Crippen molar-refractivity contribution in [3.63, 3.8) is 0 Å². The standard InChI is InChI=1S/C57H84ClN3O9/c1-33(2)45-39(62)31-57(43(63)32-59-50(68)53(7,8)60-47(64)35-16-15-34(58)29-40(35)69-28-27-61-25-13-12-14-26-61)24-23-55(10)36(46(45)57)17-18-42-54(9)21-20-44(52(5,6)41(54)19-22-56(42,55)11)70-49(67)38-30-37(48(65)66)51(38,3)4/h15-16,29,33,36-38,41-44,63H,12-14,17-28,30-32H2,1-11H3,(H,59,68)(H,60,64)(H,65,66)/t36-,37+,38-,41+,42-,43+,44+,54+,55-,56-,57+/m1/s1. The maximum Gasteiger partial charge on any atom is 0.309 e. The highest BCUT2D eigenvalue weighted by atomic mass is 35.5. The van der Waals surface area contributed by atoms with E-state index in [0.29, 0.717) is 42.1 Å². The Kier molecular flexibility index (Phi) is 14.2. The van der Waals surface area contributed by atoms with Gasteiger partial charge in [0.05, 0.1) is 23.5 Å². The van der Waals surface area contributed by atoms with Crippen LogP contribution in [0.25, 0.3) is 0 Å². The Morgan fingerprint density at radius 3 is 2.23 bits per heavy atom. The van der Waals surface area contributed by atoms with Crippen LogP contribution in [0.15, 0.2) is 29.3 Å². The van der Waals surface area contributed by atoms with Gasteiger partial charge in [0.15, 0.2) is 5.78 Å². The van der Waals surface area contributed by atoms with Gasteiger partial charge in [0.25, 0.3) is 5.91 Å². The lowest BCUT2D eigenvalue weighted by Crippen LogP contribution is -2.66. The van der Waals surface area contributed by atoms with Crippen molar-refractivity contribution in [2.75, 3.05) is 32.8 Å². The monoisotopic (exact) mass is 990 g/mol. The van der Waals surface area contributed by atoms with Crippen LogP contribution in [0.5, 0.6) is 5.75 Å². The summed E-state index contributed by atoms with van der Waals surface area (Å²) in [6, 6.07) is 4.88. The Bertz CT molecular complexity index is 2280. The number of hydrogen-bond acceptors (Lipinski definition) is 9. The summed E-state index contributed by atoms with van der Waals surface area (Å²) in [5.41, 5.74) is -1.03. The molecule has 8 rings (SSSR count). The van der Waals surface area contributed by atoms with Crippen LogP contribution in [0.2, 0.25) is 5.02 Å². The number of rotatable bonds is 14. The lowest BCUT2D eigenvalue weighted by Gasteiger charge is -2.72. The lowest BCUT2D eigenvalue weighted by molar-refractivity contribution is -0.238. The number of benzene rings is 1. The van der Waals surface area contributed by atoms with Gasteiger partial charge in [-0.15, -0.1) is 0 Å². The number of fused-ring (bicyclic) bond motifs is 7. The molecular formula is C57H84ClN3O9. The van der Waals surface area contributed by atoms with E-state index in [1.54, 1.807) is 32.0 Å². The zero-order chi connectivity index (χ0) is 51.1. The van der Waals surface area contributed by atoms with Crippen molar-refractivity contribution in [1.29, 1.82) is 0 Å². The Hall–Kier alpha value is -3.48. The quantitative estimate of drug-likeness (QED) is 0.132. The molecule has 0 spiro atoms. The number of aliphatic carboxylic acids is 1. The molecule has 5 saturated carbocycles. The van der Waals surface area contributed by atoms with Gasteiger partial charge in [0.1, 0.15) is 24.0 Å². The molecule has 11 atom stereocenters. The number of carbonyl (C=O) groups excluding carboxylic acids is 4. The molecule has 6 fully saturated rings. The molecule has 1 saturated heterocycles. The number of carboxylic acids is 1. The number of aliphatic hydroxyl groups excluding tert-OH is 1. The fourth-order valence-electron chi connectivity index (χ4n) is 16.5. The Labute approximate surface area is 422 Å². The third kappa shape index (κ3) is 8.65. The first-order chi connectivity index (χ1) is 32.7. The second-order valence-corrected chi connectivity index (χ2v) is 26.3. The number of nitrogens with one attached hydrogen (secondary N) is 2. The number of aliphatic hydroxyl groups is 1. The summed E-state index contributed by atoms with van der Waals surface area (Å²) in [7, 11) is 0. The van der Waals surface area contributed by atoms with Gasteiger partial charge in [-0.25, -0.2) is 0 Å². The van der Waals surface area contributed by atoms with Gasteiger partial charge >= 0.3 is 11.9 Å². The summed E-state index contributed by atoms with van der Waals surface area (Å²) in [6.45, 7) is 26.4. The van der Waals surface area contributed by atoms with E-state index in [9.17, 15) is 34.2 Å². The molecule has 1 aliphatic heterocycles. The lowest BCUT2D eigenvalue weighted by atomic mass is 9.33. The molecule has 13 heteroatoms. The summed E-state index contributed by atoms with van der Waals surface area (Å²) in [5.74, 6) is -1.73. The first-order valence-electron chi connectivity index (χ1n) is 26.8. The maximum atomic E-state index is 14.4. The van der Waals surface area contributed by atoms with Crippen molar-refractivity contribution in [3.05, 3.63) is 39.9 Å². The van der Waals surface area contributed by atoms with E-state index in [-0.39, 0.29) is 69.9 Å². The molecule has 12 nitrogen and oxygen atoms in total. The topological polar surface area (TPSA) is 172 Å². The van der Waals surface area contributed by atoms with E-state index in [1.165, 1.54) is 19.3 Å². The van der Waals surface area contributed by atoms with Gasteiger partial charge < -0.3 is 30.3 Å². The number of nitrogens with zero attached hydrogens (tertiary/aromatic N) is 1. The van der Waals surface area contributed by atoms with Crippen LogP contribution < -0.4 is 15.4 Å². The molecular weight excluding hydrogens is 906 g/mol. The summed E-state index contributed by atoms with van der Waals surface area (Å²) in [4.78, 5) is 70.2. The van der Waals surface area contributed by atoms with Crippen LogP contribution in [0.1, 0.15) is 170 Å². The molecule has 4 N–H and O–H groups in total. The molecule has 388 valence electrons. The maximum absolute atomic E-state index is 14.4. The molecule has 0 unspecified atom stereocenters. The van der Waals surface area contributed by atoms with Crippen molar-refractivity contribution in [2.24, 2.45) is 68.0 Å². The van der Waals surface area contributed by atoms with Crippen LogP contribution in [-0.4, -0.2) is 95.2 Å². The number of ether oxygens (including phenoxy) is 2. The average Bonchev–Trinajstić information content (AvgIpc) is 3.59. The summed E-state index contributed by atoms with van der Waals surface area (Å²) < 4.78 is 12.5. The SMILES string of the molecule is CC(C)C1=C2[C@H]3CC[C@@H]4[C@@]5(C)CC[C@H](OC(=O)[C@H]6C[C@@H](C(=O)O)C6(C)C)C(C)(C)[C@@H]5CC[C@@]4(C)[C@]3(C)CC[C@@]2([C@@H](O)CNC(=O)C(C)(C)NC(=O)c2ccc(Cl)cc2OCCN2CCCCC2)CC1=O. The molecule has 0 bridgehead atoms. The average molecular weight is 991 g/mol. The van der Waals surface area contributed by atoms with Crippen molar-refractivity contribution in [1.82, 2.24) is 15.5 Å². The zero-order valence-corrected chi connectivity index (χ0v) is 44.9. The van der Waals surface area contributed by atoms with E-state index < -0.39 is 52.1 Å². The molecule has 1 heterocycles. The van der Waals surface area contributed by atoms with Gasteiger partial charge in [0.2, 0.25) is 5.91 Å². The van der Waals surface area contributed by atoms with E-state index in [4.69, 9.17) is 21.1 Å². The largest absolute Gasteiger partial charge is 0.491 e. The number of halogens is 1. The number of piperidine rings is 1. The molecule has 2 amide bonds. The molecule has 7 aliphatic rings. The van der Waals surface area contributed by atoms with Gasteiger partial charge in [-0.2, -0.15) is 0 Å². The summed E-state index contributed by atoms with van der Waals surface area (Å²) in [6.07, 6.45) is 9.96. The molecule has 6 aliphatic carbocycles. The number of esters is 1. The zero-order valence-electron chi connectivity index (χ0n) is 44.2. The van der Waals surface area contributed by atoms with E-state index in [0.717, 1.165) is 75.7 Å². The molecule has 1 aromatic rings. The van der Waals surface area contributed by atoms with Crippen molar-refractivity contribution in [3.8, 4) is 5.75 Å². The van der Waals surface area contributed by atoms with E-state index in [1.807, 2.05) is 13.8 Å². The molecule has 70 heavy (non-hydrogen) atoms. The van der Waals surface area contributed by atoms with Crippen molar-refractivity contribution >= 4 is 41.1 Å². The number of ketones is 1. The number of amides is 2. The smallest absolute Gasteiger partial charge is 0.309 e. The van der Waals surface area contributed by atoms with E-state index in [2.05, 4.69) is 64.0 Å². The Morgan fingerprint density at radius 1 is 0.871 bits per heavy atom. The molecule has 0 aromatic heterocycles. The number of Topliss-reactive ketones (excluding diaryl/α,β-unsaturated/α-hetero) is 1. The summed E-state index contributed by atoms with van der Waals surface area (Å²) >= 11 is 6.35. The fraction of sp³-hybridized carbons (Fsp3) is 0.772. The van der Waals surface area contributed by atoms with Gasteiger partial charge in [-0.1, -0.05) is 85.9 Å². The second-order valence-electron chi connectivity index (χ2n) is 25.8. The van der Waals surface area contributed by atoms with Crippen LogP contribution in [0.3, 0.4) is 0 Å². The number of carbonyl (C=O) groups is 5. The van der Waals surface area contributed by atoms with Crippen LogP contribution in [0.4, 0.5) is 0 Å². The number of carboxylic acid groups (broad SMARTS) is 1. The normalized spacial score (nSPS) is 36.1. The number of hydrogen-bond donors (Lipinski definition) is 4. The Balaban J connectivity index is 0.959. The minimum Gasteiger partial charge on any atom is -0.491 e. The second kappa shape index (κ2) is 18.8. The van der Waals surface area contributed by atoms with Gasteiger partial charge in [-0.05, 0) is 167 Å². The van der Waals surface area contributed by atoms with Crippen molar-refractivity contribution < 1.29 is 43.7 Å². The fourth-order valence-corrected chi connectivity index (χ4v) is 16.7. The first kappa shape index (κ1) is 52.8. The third-order valence-corrected chi connectivity index (χ3v) is 21.2. The first-order valence-corrected chi connectivity index (χ1v) is 27.2. The van der Waals surface area contributed by atoms with Crippen LogP contribution in [-0.2, 0) is 23.9 Å². The highest BCUT2D eigenvalue weighted by Gasteiger charge is 2.71. The van der Waals surface area contributed by atoms with Crippen molar-refractivity contribution in [2.45, 2.75) is 177 Å². The highest BCUT2D eigenvalue weighted by molar-refractivity contribution is 6.30. The molecule has 0 radical (unpaired) electrons. The van der Waals surface area contributed by atoms with Gasteiger partial charge in [0, 0.05) is 35.4 Å². The van der Waals surface area contributed by atoms with Crippen LogP contribution in [0, 0.1) is 68.0 Å². The molecule has 1 aromatic carbocycles. The number of likely N-dealkylation sites (tertiary alicyclic amines) is 1. The number of allylic oxidation sites excluding steroid dienone is 1. The highest BCUT2D eigenvalue weighted by Crippen LogP contribution is 2.77. The predicted molar refractivity (Wildman–Crippen MR) is 270 cm³/mol. The Morgan fingerprint density at radius 2 is 1.57 bits per heavy atom. The van der Waals surface area contributed by atoms with E-state index >= 15 is 0 Å². The van der Waals surface area contributed by atoms with Gasteiger partial charge in [-0.3, -0.25) is 28.9 Å². The minimum absolute atomic E-state index is 0.00612. The van der Waals surface area contributed by atoms with Crippen LogP contribution >= 0.6 is 11.6 Å². The third-order valence-electron chi connectivity index (χ3n) is 20.9.